The zero-order chi connectivity index (χ0) is 19.3. The van der Waals surface area contributed by atoms with Gasteiger partial charge in [-0.15, -0.1) is 11.3 Å². The lowest BCUT2D eigenvalue weighted by molar-refractivity contribution is 0.352. The first-order chi connectivity index (χ1) is 13.7. The third-order valence-corrected chi connectivity index (χ3v) is 6.49. The van der Waals surface area contributed by atoms with E-state index < -0.39 is 0 Å². The number of pyridine rings is 1. The smallest absolute Gasteiger partial charge is 0.127 e. The second kappa shape index (κ2) is 8.76. The van der Waals surface area contributed by atoms with Gasteiger partial charge in [0.25, 0.3) is 0 Å². The van der Waals surface area contributed by atoms with Gasteiger partial charge in [0.15, 0.2) is 0 Å². The summed E-state index contributed by atoms with van der Waals surface area (Å²) in [5.74, 6) is 1.18. The van der Waals surface area contributed by atoms with Crippen molar-refractivity contribution in [3.63, 3.8) is 0 Å². The summed E-state index contributed by atoms with van der Waals surface area (Å²) in [5, 5.41) is 13.1. The molecule has 0 bridgehead atoms. The van der Waals surface area contributed by atoms with Gasteiger partial charge in [-0.2, -0.15) is 0 Å². The molecule has 1 saturated heterocycles. The van der Waals surface area contributed by atoms with E-state index in [9.17, 15) is 5.11 Å². The Morgan fingerprint density at radius 1 is 1.04 bits per heavy atom. The molecule has 3 aromatic rings. The second-order valence-electron chi connectivity index (χ2n) is 7.27. The topological polar surface area (TPSA) is 48.4 Å². The maximum Gasteiger partial charge on any atom is 0.127 e. The van der Waals surface area contributed by atoms with Crippen molar-refractivity contribution >= 4 is 17.2 Å². The highest BCUT2D eigenvalue weighted by Crippen LogP contribution is 2.33. The molecule has 3 heterocycles. The Hall–Kier alpha value is -2.37. The molecule has 1 aromatic carbocycles. The molecule has 28 heavy (non-hydrogen) atoms. The van der Waals surface area contributed by atoms with Crippen LogP contribution in [0.5, 0.6) is 5.75 Å². The van der Waals surface area contributed by atoms with E-state index in [1.54, 1.807) is 12.1 Å². The van der Waals surface area contributed by atoms with Gasteiger partial charge in [-0.1, -0.05) is 6.92 Å². The molecule has 5 heteroatoms. The number of aromatic hydroxyl groups is 1. The first-order valence-corrected chi connectivity index (χ1v) is 10.9. The minimum atomic E-state index is 0.273. The molecule has 0 radical (unpaired) electrons. The molecule has 4 rings (SSSR count). The van der Waals surface area contributed by atoms with E-state index in [-0.39, 0.29) is 5.75 Å². The average Bonchev–Trinajstić information content (AvgIpc) is 3.40. The van der Waals surface area contributed by atoms with E-state index in [0.29, 0.717) is 0 Å². The summed E-state index contributed by atoms with van der Waals surface area (Å²) < 4.78 is 0. The fourth-order valence-corrected chi connectivity index (χ4v) is 4.55. The van der Waals surface area contributed by atoms with Crippen molar-refractivity contribution < 1.29 is 5.11 Å². The molecule has 0 saturated carbocycles. The van der Waals surface area contributed by atoms with E-state index >= 15 is 0 Å². The number of rotatable bonds is 7. The number of aryl methyl sites for hydroxylation is 1. The molecule has 0 spiro atoms. The quantitative estimate of drug-likeness (QED) is 0.575. The molecule has 0 atom stereocenters. The Bertz CT molecular complexity index is 914. The summed E-state index contributed by atoms with van der Waals surface area (Å²) >= 11 is 1.84. The minimum Gasteiger partial charge on any atom is -0.508 e. The minimum absolute atomic E-state index is 0.273. The normalized spacial score (nSPS) is 14.5. The number of hydrogen-bond donors (Lipinski definition) is 2. The third kappa shape index (κ3) is 4.54. The number of benzene rings is 1. The highest BCUT2D eigenvalue weighted by Gasteiger charge is 2.12. The van der Waals surface area contributed by atoms with Crippen LogP contribution in [0.2, 0.25) is 0 Å². The van der Waals surface area contributed by atoms with Gasteiger partial charge in [0, 0.05) is 28.4 Å². The standard InChI is InChI=1S/C23H27N3OS/c1-2-20-9-10-22(28-20)18-15-21(17-5-7-19(27)8-6-17)25-23(16-18)24-11-14-26-12-3-4-13-26/h5-10,15-16,27H,2-4,11-14H2,1H3,(H,24,25). The zero-order valence-corrected chi connectivity index (χ0v) is 17.1. The van der Waals surface area contributed by atoms with Gasteiger partial charge in [0.05, 0.1) is 5.69 Å². The van der Waals surface area contributed by atoms with Crippen LogP contribution >= 0.6 is 11.3 Å². The molecule has 1 aliphatic heterocycles. The number of hydrogen-bond acceptors (Lipinski definition) is 5. The Morgan fingerprint density at radius 2 is 1.82 bits per heavy atom. The molecule has 4 nitrogen and oxygen atoms in total. The molecule has 2 aromatic heterocycles. The second-order valence-corrected chi connectivity index (χ2v) is 8.44. The largest absolute Gasteiger partial charge is 0.508 e. The van der Waals surface area contributed by atoms with Gasteiger partial charge in [-0.25, -0.2) is 4.98 Å². The van der Waals surface area contributed by atoms with E-state index in [4.69, 9.17) is 4.98 Å². The molecule has 1 fully saturated rings. The maximum absolute atomic E-state index is 9.60. The molecule has 1 aliphatic rings. The number of phenolic OH excluding ortho intramolecular Hbond substituents is 1. The SMILES string of the molecule is CCc1ccc(-c2cc(NCCN3CCCC3)nc(-c3ccc(O)cc3)c2)s1. The van der Waals surface area contributed by atoms with E-state index in [0.717, 1.165) is 36.6 Å². The van der Waals surface area contributed by atoms with Crippen LogP contribution in [0, 0.1) is 0 Å². The molecule has 146 valence electrons. The van der Waals surface area contributed by atoms with Gasteiger partial charge < -0.3 is 15.3 Å². The van der Waals surface area contributed by atoms with Crippen molar-refractivity contribution in [3.8, 4) is 27.4 Å². The van der Waals surface area contributed by atoms with Crippen LogP contribution in [0.4, 0.5) is 5.82 Å². The van der Waals surface area contributed by atoms with Gasteiger partial charge in [-0.3, -0.25) is 0 Å². The molecule has 0 amide bonds. The summed E-state index contributed by atoms with van der Waals surface area (Å²) in [4.78, 5) is 10.0. The summed E-state index contributed by atoms with van der Waals surface area (Å²) in [6, 6.07) is 16.0. The first kappa shape index (κ1) is 19.0. The van der Waals surface area contributed by atoms with Crippen molar-refractivity contribution in [3.05, 3.63) is 53.4 Å². The van der Waals surface area contributed by atoms with Crippen LogP contribution in [0.15, 0.2) is 48.5 Å². The Labute approximate surface area is 170 Å². The zero-order valence-electron chi connectivity index (χ0n) is 16.3. The summed E-state index contributed by atoms with van der Waals surface area (Å²) in [7, 11) is 0. The van der Waals surface area contributed by atoms with E-state index in [1.807, 2.05) is 23.5 Å². The van der Waals surface area contributed by atoms with Crippen LogP contribution in [0.3, 0.4) is 0 Å². The fraction of sp³-hybridized carbons (Fsp3) is 0.348. The van der Waals surface area contributed by atoms with Crippen molar-refractivity contribution in [2.45, 2.75) is 26.2 Å². The lowest BCUT2D eigenvalue weighted by Gasteiger charge is -2.16. The average molecular weight is 394 g/mol. The predicted octanol–water partition coefficient (Wildman–Crippen LogP) is 5.25. The fourth-order valence-electron chi connectivity index (χ4n) is 3.61. The summed E-state index contributed by atoms with van der Waals surface area (Å²) in [6.07, 6.45) is 3.69. The summed E-state index contributed by atoms with van der Waals surface area (Å²) in [6.45, 7) is 6.57. The number of thiophene rings is 1. The first-order valence-electron chi connectivity index (χ1n) is 10.1. The van der Waals surface area contributed by atoms with Gasteiger partial charge in [0.2, 0.25) is 0 Å². The number of aromatic nitrogens is 1. The number of nitrogens with one attached hydrogen (secondary N) is 1. The van der Waals surface area contributed by atoms with Crippen LogP contribution in [-0.4, -0.2) is 41.2 Å². The molecular weight excluding hydrogens is 366 g/mol. The highest BCUT2D eigenvalue weighted by molar-refractivity contribution is 7.15. The van der Waals surface area contributed by atoms with Crippen LogP contribution in [0.25, 0.3) is 21.7 Å². The van der Waals surface area contributed by atoms with Crippen LogP contribution in [0.1, 0.15) is 24.6 Å². The molecular formula is C23H27N3OS. The number of phenols is 1. The van der Waals surface area contributed by atoms with Gasteiger partial charge in [0.1, 0.15) is 11.6 Å². The summed E-state index contributed by atoms with van der Waals surface area (Å²) in [5.41, 5.74) is 3.12. The Balaban J connectivity index is 1.60. The number of nitrogens with zero attached hydrogens (tertiary/aromatic N) is 2. The monoisotopic (exact) mass is 393 g/mol. The lowest BCUT2D eigenvalue weighted by atomic mass is 10.1. The van der Waals surface area contributed by atoms with Crippen LogP contribution in [-0.2, 0) is 6.42 Å². The van der Waals surface area contributed by atoms with E-state index in [1.165, 1.54) is 41.2 Å². The Kier molecular flexibility index (Phi) is 5.93. The van der Waals surface area contributed by atoms with Crippen LogP contribution < -0.4 is 5.32 Å². The Morgan fingerprint density at radius 3 is 2.54 bits per heavy atom. The number of anilines is 1. The molecule has 0 aliphatic carbocycles. The van der Waals surface area contributed by atoms with Gasteiger partial charge in [-0.05, 0) is 86.4 Å². The van der Waals surface area contributed by atoms with E-state index in [2.05, 4.69) is 41.4 Å². The van der Waals surface area contributed by atoms with Gasteiger partial charge >= 0.3 is 0 Å². The predicted molar refractivity (Wildman–Crippen MR) is 118 cm³/mol. The lowest BCUT2D eigenvalue weighted by Crippen LogP contribution is -2.26. The van der Waals surface area contributed by atoms with Crippen molar-refractivity contribution in [1.29, 1.82) is 0 Å². The van der Waals surface area contributed by atoms with Crippen molar-refractivity contribution in [2.75, 3.05) is 31.5 Å². The molecule has 2 N–H and O–H groups in total. The van der Waals surface area contributed by atoms with Crippen molar-refractivity contribution in [2.24, 2.45) is 0 Å². The third-order valence-electron chi connectivity index (χ3n) is 5.22. The maximum atomic E-state index is 9.60. The number of likely N-dealkylation sites (tertiary alicyclic amines) is 1. The molecule has 0 unspecified atom stereocenters. The highest BCUT2D eigenvalue weighted by atomic mass is 32.1. The van der Waals surface area contributed by atoms with Crippen molar-refractivity contribution in [1.82, 2.24) is 9.88 Å².